The Bertz CT molecular complexity index is 1700. The number of rotatable bonds is 46. The average molecular weight is 1070 g/mol. The Labute approximate surface area is 421 Å². The molecule has 0 aliphatic carbocycles. The summed E-state index contributed by atoms with van der Waals surface area (Å²) in [6.45, 7) is 16.1. The van der Waals surface area contributed by atoms with Crippen molar-refractivity contribution in [3.8, 4) is 0 Å². The first-order valence-electron chi connectivity index (χ1n) is 27.8. The maximum Gasteiger partial charge on any atom is 0.329 e. The van der Waals surface area contributed by atoms with Gasteiger partial charge in [-0.1, -0.05) is 227 Å². The van der Waals surface area contributed by atoms with E-state index in [2.05, 4.69) is 34.6 Å². The van der Waals surface area contributed by atoms with Gasteiger partial charge in [0.05, 0.1) is 26.2 Å². The summed E-state index contributed by atoms with van der Waals surface area (Å²) in [5, 5.41) is 4.64. The van der Waals surface area contributed by atoms with Crippen LogP contribution in [-0.4, -0.2) is 81.1 Å². The lowest BCUT2D eigenvalue weighted by Gasteiger charge is -2.47. The molecular formula is C52H106O11S5. The van der Waals surface area contributed by atoms with E-state index >= 15 is 42.1 Å². The van der Waals surface area contributed by atoms with Crippen LogP contribution < -0.4 is 0 Å². The van der Waals surface area contributed by atoms with Gasteiger partial charge in [0, 0.05) is 0 Å². The van der Waals surface area contributed by atoms with Crippen molar-refractivity contribution < 1.29 is 47.2 Å². The molecule has 0 bridgehead atoms. The van der Waals surface area contributed by atoms with Crippen molar-refractivity contribution in [2.24, 2.45) is 0 Å². The van der Waals surface area contributed by atoms with Gasteiger partial charge in [-0.15, -0.1) is 0 Å². The quantitative estimate of drug-likeness (QED) is 0.0571. The van der Waals surface area contributed by atoms with Crippen molar-refractivity contribution in [3.63, 3.8) is 0 Å². The van der Waals surface area contributed by atoms with Gasteiger partial charge in [-0.25, -0.2) is 42.1 Å². The third-order valence-corrected chi connectivity index (χ3v) is 32.9. The van der Waals surface area contributed by atoms with Crippen LogP contribution in [-0.2, 0) is 49.2 Å². The van der Waals surface area contributed by atoms with Gasteiger partial charge in [0.25, 0.3) is 0 Å². The summed E-state index contributed by atoms with van der Waals surface area (Å²) in [7, 11) is -29.8. The topological polar surface area (TPSA) is 191 Å². The molecular weight excluding hydrogens is 961 g/mol. The summed E-state index contributed by atoms with van der Waals surface area (Å²) in [6.07, 6.45) is 20.5. The third-order valence-electron chi connectivity index (χ3n) is 14.8. The standard InChI is InChI=1S/C52H106O11S5/c1-11-16-21-26-31-36-41-46(6)64(54,55)51(53,65(56,57)47(7)42-37-32-27-22-17-12-2)52(66(58,59)48(8)43-38-33-28-23-18-13-3,67(60,61)49(9)44-39-34-29-24-19-14-4)68(62,63)50(10)45-40-35-30-25-20-15-5/h46-50,53H,11-45H2,1-10H3. The second-order valence-electron chi connectivity index (χ2n) is 20.7. The van der Waals surface area contributed by atoms with E-state index < -0.39 is 83.1 Å². The Morgan fingerprint density at radius 1 is 0.265 bits per heavy atom. The van der Waals surface area contributed by atoms with Crippen molar-refractivity contribution in [2.45, 2.75) is 328 Å². The summed E-state index contributed by atoms with van der Waals surface area (Å²) in [4.78, 5) is 0. The van der Waals surface area contributed by atoms with Crippen molar-refractivity contribution in [3.05, 3.63) is 0 Å². The zero-order valence-electron chi connectivity index (χ0n) is 45.2. The van der Waals surface area contributed by atoms with Gasteiger partial charge in [-0.05, 0) is 66.7 Å². The summed E-state index contributed by atoms with van der Waals surface area (Å²) >= 11 is 0. The normalized spacial score (nSPS) is 17.3. The minimum absolute atomic E-state index is 0.234. The summed E-state index contributed by atoms with van der Waals surface area (Å²) < 4.78 is 151. The van der Waals surface area contributed by atoms with Crippen LogP contribution in [0.1, 0.15) is 294 Å². The van der Waals surface area contributed by atoms with E-state index in [4.69, 9.17) is 0 Å². The molecule has 0 saturated heterocycles. The lowest BCUT2D eigenvalue weighted by atomic mass is 10.1. The molecule has 11 nitrogen and oxygen atoms in total. The van der Waals surface area contributed by atoms with E-state index in [0.717, 1.165) is 163 Å². The molecule has 0 aromatic rings. The van der Waals surface area contributed by atoms with Crippen LogP contribution in [0, 0.1) is 0 Å². The zero-order chi connectivity index (χ0) is 52.1. The predicted octanol–water partition coefficient (Wildman–Crippen LogP) is 14.1. The van der Waals surface area contributed by atoms with E-state index in [-0.39, 0.29) is 64.2 Å². The van der Waals surface area contributed by atoms with Crippen LogP contribution in [0.3, 0.4) is 0 Å². The molecule has 0 aliphatic rings. The molecule has 16 heteroatoms. The lowest BCUT2D eigenvalue weighted by Crippen LogP contribution is -2.78. The van der Waals surface area contributed by atoms with Gasteiger partial charge in [0.2, 0.25) is 19.7 Å². The second kappa shape index (κ2) is 34.2. The number of hydrogen-bond donors (Lipinski definition) is 1. The highest BCUT2D eigenvalue weighted by Gasteiger charge is 2.86. The molecule has 0 spiro atoms. The summed E-state index contributed by atoms with van der Waals surface area (Å²) in [5.41, 5.74) is 0. The molecule has 5 atom stereocenters. The van der Waals surface area contributed by atoms with Crippen LogP contribution in [0.4, 0.5) is 0 Å². The smallest absolute Gasteiger partial charge is 0.329 e. The molecule has 0 saturated carbocycles. The van der Waals surface area contributed by atoms with Gasteiger partial charge in [0.1, 0.15) is 0 Å². The molecule has 0 radical (unpaired) electrons. The fourth-order valence-electron chi connectivity index (χ4n) is 9.71. The van der Waals surface area contributed by atoms with Crippen molar-refractivity contribution in [2.75, 3.05) is 0 Å². The Kier molecular flexibility index (Phi) is 34.1. The van der Waals surface area contributed by atoms with Crippen LogP contribution in [0.15, 0.2) is 0 Å². The Morgan fingerprint density at radius 2 is 0.412 bits per heavy atom. The second-order valence-corrected chi connectivity index (χ2v) is 34.2. The van der Waals surface area contributed by atoms with Gasteiger partial charge in [0.15, 0.2) is 29.5 Å². The highest BCUT2D eigenvalue weighted by atomic mass is 32.3. The van der Waals surface area contributed by atoms with E-state index in [1.165, 1.54) is 0 Å². The largest absolute Gasteiger partial charge is 0.360 e. The van der Waals surface area contributed by atoms with E-state index in [0.29, 0.717) is 32.1 Å². The maximum atomic E-state index is 16.2. The van der Waals surface area contributed by atoms with Crippen LogP contribution in [0.5, 0.6) is 0 Å². The SMILES string of the molecule is CCCCCCCCC(C)S(=O)(=O)C(O)(C(S(=O)(=O)C(C)CCCCCCCC)(S(=O)(=O)C(C)CCCCCCCC)S(=O)(=O)C(C)CCCCCCCC)S(=O)(=O)C(C)CCCCCCCC. The van der Waals surface area contributed by atoms with Gasteiger partial charge < -0.3 is 5.11 Å². The van der Waals surface area contributed by atoms with Gasteiger partial charge in [-0.2, -0.15) is 0 Å². The zero-order valence-corrected chi connectivity index (χ0v) is 49.3. The van der Waals surface area contributed by atoms with Gasteiger partial charge in [-0.3, -0.25) is 0 Å². The van der Waals surface area contributed by atoms with Crippen LogP contribution in [0.2, 0.25) is 0 Å². The van der Waals surface area contributed by atoms with Gasteiger partial charge >= 0.3 is 7.68 Å². The van der Waals surface area contributed by atoms with E-state index in [1.54, 1.807) is 0 Å². The van der Waals surface area contributed by atoms with Crippen molar-refractivity contribution in [1.29, 1.82) is 0 Å². The molecule has 68 heavy (non-hydrogen) atoms. The fourth-order valence-corrected chi connectivity index (χ4v) is 29.9. The monoisotopic (exact) mass is 1070 g/mol. The molecule has 0 aromatic heterocycles. The molecule has 5 unspecified atom stereocenters. The Hall–Kier alpha value is -0.290. The summed E-state index contributed by atoms with van der Waals surface area (Å²) in [5.74, 6) is 0. The third kappa shape index (κ3) is 18.0. The molecule has 0 fully saturated rings. The van der Waals surface area contributed by atoms with Crippen LogP contribution in [0.25, 0.3) is 0 Å². The van der Waals surface area contributed by atoms with Crippen LogP contribution >= 0.6 is 0 Å². The van der Waals surface area contributed by atoms with E-state index in [1.807, 2.05) is 0 Å². The molecule has 0 heterocycles. The Balaban J connectivity index is 8.84. The highest BCUT2D eigenvalue weighted by Crippen LogP contribution is 2.55. The van der Waals surface area contributed by atoms with Crippen molar-refractivity contribution >= 4 is 49.2 Å². The first-order chi connectivity index (χ1) is 31.9. The molecule has 0 aromatic carbocycles. The minimum atomic E-state index is -6.00. The molecule has 0 rings (SSSR count). The lowest BCUT2D eigenvalue weighted by molar-refractivity contribution is 0.197. The number of sulfone groups is 5. The molecule has 410 valence electrons. The van der Waals surface area contributed by atoms with Crippen molar-refractivity contribution in [1.82, 2.24) is 0 Å². The maximum absolute atomic E-state index is 16.2. The fraction of sp³-hybridized carbons (Fsp3) is 1.00. The first kappa shape index (κ1) is 67.7. The predicted molar refractivity (Wildman–Crippen MR) is 290 cm³/mol. The number of hydrogen-bond acceptors (Lipinski definition) is 11. The summed E-state index contributed by atoms with van der Waals surface area (Å²) in [6, 6.07) is 0. The highest BCUT2D eigenvalue weighted by molar-refractivity contribution is 8.29. The number of aliphatic hydroxyl groups is 1. The first-order valence-corrected chi connectivity index (χ1v) is 35.5. The Morgan fingerprint density at radius 3 is 0.588 bits per heavy atom. The molecule has 0 amide bonds. The molecule has 0 aliphatic heterocycles. The number of unbranched alkanes of at least 4 members (excludes halogenated alkanes) is 25. The average Bonchev–Trinajstić information content (AvgIpc) is 3.28. The minimum Gasteiger partial charge on any atom is -0.360 e. The van der Waals surface area contributed by atoms with E-state index in [9.17, 15) is 5.11 Å². The molecule has 1 N–H and O–H groups in total.